The lowest BCUT2D eigenvalue weighted by Gasteiger charge is -2.13. The van der Waals surface area contributed by atoms with Gasteiger partial charge < -0.3 is 9.84 Å². The highest BCUT2D eigenvalue weighted by Gasteiger charge is 2.38. The van der Waals surface area contributed by atoms with Crippen molar-refractivity contribution < 1.29 is 17.7 Å². The van der Waals surface area contributed by atoms with Crippen LogP contribution in [0.5, 0.6) is 0 Å². The minimum Gasteiger partial charge on any atom is -0.338 e. The molecule has 1 atom stereocenters. The molecule has 146 valence electrons. The van der Waals surface area contributed by atoms with Crippen LogP contribution in [0.1, 0.15) is 26.2 Å². The van der Waals surface area contributed by atoms with Crippen LogP contribution in [-0.4, -0.2) is 47.7 Å². The summed E-state index contributed by atoms with van der Waals surface area (Å²) in [5, 5.41) is 11.7. The van der Waals surface area contributed by atoms with Crippen molar-refractivity contribution in [2.75, 3.05) is 13.1 Å². The summed E-state index contributed by atoms with van der Waals surface area (Å²) in [5.41, 5.74) is 0. The number of carbonyl (C=O) groups excluding carboxylic acids is 1. The van der Waals surface area contributed by atoms with Crippen LogP contribution in [0.3, 0.4) is 0 Å². The van der Waals surface area contributed by atoms with Crippen molar-refractivity contribution >= 4 is 43.8 Å². The Labute approximate surface area is 165 Å². The van der Waals surface area contributed by atoms with Crippen molar-refractivity contribution in [2.24, 2.45) is 11.0 Å². The van der Waals surface area contributed by atoms with Gasteiger partial charge in [0.15, 0.2) is 5.04 Å². The van der Waals surface area contributed by atoms with E-state index in [9.17, 15) is 13.2 Å². The van der Waals surface area contributed by atoms with E-state index in [1.807, 2.05) is 6.92 Å². The molecule has 0 aromatic carbocycles. The zero-order chi connectivity index (χ0) is 19.6. The largest absolute Gasteiger partial charge is 0.338 e. The van der Waals surface area contributed by atoms with Gasteiger partial charge in [-0.25, -0.2) is 18.2 Å². The standard InChI is InChI=1S/C15H18ClN5O4S2/c1-3-9-8-21(15(22)17-4-2)19-14(9)27(23,24)12-6-5-10(26-12)13-18-11(7-16)25-20-13/h5-6,9H,3-4,7-8H2,1-2H3,(H,17,22). The van der Waals surface area contributed by atoms with Gasteiger partial charge >= 0.3 is 6.03 Å². The number of hydrogen-bond acceptors (Lipinski definition) is 8. The first-order valence-electron chi connectivity index (χ1n) is 8.28. The molecule has 9 nitrogen and oxygen atoms in total. The minimum atomic E-state index is -3.83. The zero-order valence-electron chi connectivity index (χ0n) is 14.7. The van der Waals surface area contributed by atoms with Crippen molar-refractivity contribution in [3.63, 3.8) is 0 Å². The number of urea groups is 1. The van der Waals surface area contributed by atoms with Crippen molar-refractivity contribution in [2.45, 2.75) is 30.4 Å². The zero-order valence-corrected chi connectivity index (χ0v) is 17.1. The van der Waals surface area contributed by atoms with Crippen molar-refractivity contribution in [3.05, 3.63) is 18.0 Å². The maximum Gasteiger partial charge on any atom is 0.337 e. The van der Waals surface area contributed by atoms with Crippen LogP contribution < -0.4 is 5.32 Å². The normalized spacial score (nSPS) is 17.2. The third-order valence-electron chi connectivity index (χ3n) is 3.94. The van der Waals surface area contributed by atoms with Crippen molar-refractivity contribution in [1.82, 2.24) is 20.5 Å². The Morgan fingerprint density at radius 3 is 2.85 bits per heavy atom. The Bertz CT molecular complexity index is 969. The van der Waals surface area contributed by atoms with E-state index in [2.05, 4.69) is 20.6 Å². The van der Waals surface area contributed by atoms with Crippen LogP contribution in [0, 0.1) is 5.92 Å². The van der Waals surface area contributed by atoms with Crippen LogP contribution in [0.2, 0.25) is 0 Å². The molecule has 12 heteroatoms. The molecule has 1 unspecified atom stereocenters. The highest BCUT2D eigenvalue weighted by molar-refractivity contribution is 8.08. The lowest BCUT2D eigenvalue weighted by Crippen LogP contribution is -2.36. The average Bonchev–Trinajstić information content (AvgIpc) is 3.39. The summed E-state index contributed by atoms with van der Waals surface area (Å²) < 4.78 is 31.2. The fourth-order valence-electron chi connectivity index (χ4n) is 2.57. The van der Waals surface area contributed by atoms with E-state index < -0.39 is 15.9 Å². The third-order valence-corrected chi connectivity index (χ3v) is 7.59. The molecule has 0 spiro atoms. The maximum absolute atomic E-state index is 13.1. The van der Waals surface area contributed by atoms with E-state index in [-0.39, 0.29) is 39.3 Å². The molecule has 1 aliphatic rings. The number of rotatable bonds is 5. The van der Waals surface area contributed by atoms with Gasteiger partial charge in [-0.05, 0) is 25.5 Å². The average molecular weight is 432 g/mol. The van der Waals surface area contributed by atoms with Gasteiger partial charge in [0.05, 0.1) is 11.4 Å². The fraction of sp³-hybridized carbons (Fsp3) is 0.467. The SMILES string of the molecule is CCNC(=O)N1CC(CC)C(S(=O)(=O)c2ccc(-c3noc(CCl)n3)s2)=N1. The number of carbonyl (C=O) groups is 1. The van der Waals surface area contributed by atoms with Crippen LogP contribution in [-0.2, 0) is 15.7 Å². The maximum atomic E-state index is 13.1. The lowest BCUT2D eigenvalue weighted by atomic mass is 10.1. The highest BCUT2D eigenvalue weighted by atomic mass is 35.5. The molecule has 2 amide bonds. The fourth-order valence-corrected chi connectivity index (χ4v) is 5.65. The summed E-state index contributed by atoms with van der Waals surface area (Å²) in [6, 6.07) is 2.68. The van der Waals surface area contributed by atoms with E-state index >= 15 is 0 Å². The summed E-state index contributed by atoms with van der Waals surface area (Å²) in [6.07, 6.45) is 0.552. The topological polar surface area (TPSA) is 118 Å². The number of halogens is 1. The van der Waals surface area contributed by atoms with Gasteiger partial charge in [-0.15, -0.1) is 22.9 Å². The Balaban J connectivity index is 1.91. The van der Waals surface area contributed by atoms with Gasteiger partial charge in [0.25, 0.3) is 0 Å². The van der Waals surface area contributed by atoms with E-state index in [0.29, 0.717) is 17.8 Å². The Morgan fingerprint density at radius 2 is 2.22 bits per heavy atom. The van der Waals surface area contributed by atoms with E-state index in [1.165, 1.54) is 11.1 Å². The number of nitrogens with one attached hydrogen (secondary N) is 1. The number of hydrogen-bond donors (Lipinski definition) is 1. The molecule has 1 aliphatic heterocycles. The molecule has 3 heterocycles. The van der Waals surface area contributed by atoms with E-state index in [4.69, 9.17) is 16.1 Å². The third kappa shape index (κ3) is 3.85. The molecule has 1 N–H and O–H groups in total. The van der Waals surface area contributed by atoms with Gasteiger partial charge in [0, 0.05) is 12.5 Å². The number of hydrazone groups is 1. The van der Waals surface area contributed by atoms with Crippen LogP contribution in [0.25, 0.3) is 10.7 Å². The Morgan fingerprint density at radius 1 is 1.44 bits per heavy atom. The molecular formula is C15H18ClN5O4S2. The van der Waals surface area contributed by atoms with Gasteiger partial charge in [-0.1, -0.05) is 12.1 Å². The second kappa shape index (κ2) is 7.95. The van der Waals surface area contributed by atoms with Gasteiger partial charge in [0.2, 0.25) is 21.6 Å². The minimum absolute atomic E-state index is 0.000729. The number of aromatic nitrogens is 2. The second-order valence-electron chi connectivity index (χ2n) is 5.73. The van der Waals surface area contributed by atoms with E-state index in [1.54, 1.807) is 13.0 Å². The summed E-state index contributed by atoms with van der Waals surface area (Å²) in [4.78, 5) is 16.6. The molecule has 3 rings (SSSR count). The summed E-state index contributed by atoms with van der Waals surface area (Å²) >= 11 is 6.66. The van der Waals surface area contributed by atoms with Crippen molar-refractivity contribution in [3.8, 4) is 10.7 Å². The first kappa shape index (κ1) is 19.8. The summed E-state index contributed by atoms with van der Waals surface area (Å²) in [5.74, 6) is 0.264. The smallest absolute Gasteiger partial charge is 0.337 e. The van der Waals surface area contributed by atoms with Crippen LogP contribution >= 0.6 is 22.9 Å². The molecular weight excluding hydrogens is 414 g/mol. The van der Waals surface area contributed by atoms with Crippen LogP contribution in [0.4, 0.5) is 4.79 Å². The molecule has 27 heavy (non-hydrogen) atoms. The monoisotopic (exact) mass is 431 g/mol. The number of nitrogens with zero attached hydrogens (tertiary/aromatic N) is 4. The number of sulfone groups is 1. The molecule has 0 radical (unpaired) electrons. The molecule has 0 aliphatic carbocycles. The first-order chi connectivity index (χ1) is 12.9. The Kier molecular flexibility index (Phi) is 5.82. The molecule has 0 bridgehead atoms. The lowest BCUT2D eigenvalue weighted by molar-refractivity contribution is 0.202. The van der Waals surface area contributed by atoms with Gasteiger partial charge in [-0.2, -0.15) is 10.1 Å². The molecule has 0 fully saturated rings. The molecule has 0 saturated carbocycles. The molecule has 2 aromatic heterocycles. The Hall–Kier alpha value is -1.98. The predicted molar refractivity (Wildman–Crippen MR) is 101 cm³/mol. The highest BCUT2D eigenvalue weighted by Crippen LogP contribution is 2.33. The van der Waals surface area contributed by atoms with Gasteiger partial charge in [-0.3, -0.25) is 0 Å². The predicted octanol–water partition coefficient (Wildman–Crippen LogP) is 2.70. The summed E-state index contributed by atoms with van der Waals surface area (Å²) in [6.45, 7) is 4.32. The molecule has 0 saturated heterocycles. The summed E-state index contributed by atoms with van der Waals surface area (Å²) in [7, 11) is -3.83. The second-order valence-corrected chi connectivity index (χ2v) is 9.20. The number of amides is 2. The van der Waals surface area contributed by atoms with Crippen LogP contribution in [0.15, 0.2) is 26.0 Å². The number of alkyl halides is 1. The molecule has 2 aromatic rings. The van der Waals surface area contributed by atoms with E-state index in [0.717, 1.165) is 11.3 Å². The first-order valence-corrected chi connectivity index (χ1v) is 11.1. The van der Waals surface area contributed by atoms with Gasteiger partial charge in [0.1, 0.15) is 10.1 Å². The van der Waals surface area contributed by atoms with Crippen molar-refractivity contribution in [1.29, 1.82) is 0 Å². The number of thiophene rings is 1. The quantitative estimate of drug-likeness (QED) is 0.727.